The lowest BCUT2D eigenvalue weighted by Crippen LogP contribution is -2.25. The zero-order chi connectivity index (χ0) is 15.0. The Morgan fingerprint density at radius 1 is 1.35 bits per heavy atom. The number of nitrogens with one attached hydrogen (secondary N) is 1. The molecule has 0 spiro atoms. The van der Waals surface area contributed by atoms with Crippen molar-refractivity contribution in [2.75, 3.05) is 0 Å². The summed E-state index contributed by atoms with van der Waals surface area (Å²) in [5.74, 6) is -0.733. The van der Waals surface area contributed by atoms with Crippen LogP contribution in [0.25, 0.3) is 0 Å². The minimum atomic E-state index is -0.733. The maximum Gasteiger partial charge on any atom is 0.305 e. The van der Waals surface area contributed by atoms with Gasteiger partial charge in [-0.2, -0.15) is 4.39 Å². The Morgan fingerprint density at radius 2 is 2.10 bits per heavy atom. The van der Waals surface area contributed by atoms with Gasteiger partial charge in [0.15, 0.2) is 0 Å². The Kier molecular flexibility index (Phi) is 7.15. The Balaban J connectivity index is 2.45. The third-order valence-corrected chi connectivity index (χ3v) is 3.39. The van der Waals surface area contributed by atoms with Crippen molar-refractivity contribution < 1.29 is 9.31 Å². The van der Waals surface area contributed by atoms with E-state index in [0.29, 0.717) is 12.1 Å². The minimum Gasteiger partial charge on any atom is -0.310 e. The normalized spacial score (nSPS) is 12.3. The van der Waals surface area contributed by atoms with Gasteiger partial charge in [0.05, 0.1) is 4.92 Å². The average Bonchev–Trinajstić information content (AvgIpc) is 2.42. The number of nitro groups is 1. The molecule has 5 heteroatoms. The van der Waals surface area contributed by atoms with Gasteiger partial charge in [0.25, 0.3) is 0 Å². The van der Waals surface area contributed by atoms with Crippen LogP contribution in [0.4, 0.5) is 10.1 Å². The van der Waals surface area contributed by atoms with Gasteiger partial charge in [-0.25, -0.2) is 0 Å². The number of nitrogens with zero attached hydrogens (tertiary/aromatic N) is 1. The molecule has 0 aliphatic rings. The lowest BCUT2D eigenvalue weighted by molar-refractivity contribution is -0.387. The van der Waals surface area contributed by atoms with Gasteiger partial charge >= 0.3 is 5.69 Å². The Hall–Kier alpha value is -1.49. The first-order chi connectivity index (χ1) is 9.56. The lowest BCUT2D eigenvalue weighted by atomic mass is 10.1. The van der Waals surface area contributed by atoms with E-state index in [1.165, 1.54) is 31.4 Å². The summed E-state index contributed by atoms with van der Waals surface area (Å²) in [5, 5.41) is 13.9. The standard InChI is InChI=1S/C15H23FN2O2/c1-3-4-5-6-8-12(2)17-11-13-9-7-10-14(15(13)16)18(19)20/h7,9-10,12,17H,3-6,8,11H2,1-2H3. The average molecular weight is 282 g/mol. The first-order valence-electron chi connectivity index (χ1n) is 7.21. The predicted molar refractivity (Wildman–Crippen MR) is 78.1 cm³/mol. The molecule has 1 N–H and O–H groups in total. The van der Waals surface area contributed by atoms with Crippen molar-refractivity contribution in [2.45, 2.75) is 58.5 Å². The fourth-order valence-corrected chi connectivity index (χ4v) is 2.11. The van der Waals surface area contributed by atoms with Crippen molar-refractivity contribution in [3.05, 3.63) is 39.7 Å². The van der Waals surface area contributed by atoms with Gasteiger partial charge < -0.3 is 5.32 Å². The monoisotopic (exact) mass is 282 g/mol. The number of halogens is 1. The molecule has 0 aromatic heterocycles. The molecule has 1 aromatic rings. The lowest BCUT2D eigenvalue weighted by Gasteiger charge is -2.14. The second kappa shape index (κ2) is 8.64. The van der Waals surface area contributed by atoms with Crippen LogP contribution >= 0.6 is 0 Å². The molecule has 0 fully saturated rings. The van der Waals surface area contributed by atoms with Crippen molar-refractivity contribution in [3.8, 4) is 0 Å². The zero-order valence-electron chi connectivity index (χ0n) is 12.2. The highest BCUT2D eigenvalue weighted by Gasteiger charge is 2.17. The van der Waals surface area contributed by atoms with Crippen LogP contribution in [0.1, 0.15) is 51.5 Å². The Labute approximate surface area is 119 Å². The summed E-state index contributed by atoms with van der Waals surface area (Å²) in [6.45, 7) is 4.55. The highest BCUT2D eigenvalue weighted by molar-refractivity contribution is 5.36. The van der Waals surface area contributed by atoms with Gasteiger partial charge in [0.2, 0.25) is 5.82 Å². The number of nitro benzene ring substituents is 1. The summed E-state index contributed by atoms with van der Waals surface area (Å²) < 4.78 is 13.8. The van der Waals surface area contributed by atoms with Crippen LogP contribution in [-0.2, 0) is 6.54 Å². The van der Waals surface area contributed by atoms with E-state index in [1.54, 1.807) is 6.07 Å². The number of benzene rings is 1. The molecule has 0 radical (unpaired) electrons. The van der Waals surface area contributed by atoms with Gasteiger partial charge in [0, 0.05) is 24.2 Å². The molecule has 1 aromatic carbocycles. The summed E-state index contributed by atoms with van der Waals surface area (Å²) in [6.07, 6.45) is 5.86. The summed E-state index contributed by atoms with van der Waals surface area (Å²) in [7, 11) is 0. The second-order valence-electron chi connectivity index (χ2n) is 5.14. The molecule has 1 unspecified atom stereocenters. The third-order valence-electron chi connectivity index (χ3n) is 3.39. The number of hydrogen-bond acceptors (Lipinski definition) is 3. The van der Waals surface area contributed by atoms with E-state index >= 15 is 0 Å². The van der Waals surface area contributed by atoms with Crippen molar-refractivity contribution in [3.63, 3.8) is 0 Å². The van der Waals surface area contributed by atoms with Crippen LogP contribution in [0.3, 0.4) is 0 Å². The molecular weight excluding hydrogens is 259 g/mol. The van der Waals surface area contributed by atoms with Crippen molar-refractivity contribution >= 4 is 5.69 Å². The Bertz CT molecular complexity index is 438. The first kappa shape index (κ1) is 16.6. The quantitative estimate of drug-likeness (QED) is 0.420. The molecular formula is C15H23FN2O2. The minimum absolute atomic E-state index is 0.283. The number of hydrogen-bond donors (Lipinski definition) is 1. The largest absolute Gasteiger partial charge is 0.310 e. The Morgan fingerprint density at radius 3 is 2.75 bits per heavy atom. The third kappa shape index (κ3) is 5.25. The molecule has 0 heterocycles. The van der Waals surface area contributed by atoms with Crippen molar-refractivity contribution in [1.82, 2.24) is 5.32 Å². The maximum absolute atomic E-state index is 13.8. The van der Waals surface area contributed by atoms with E-state index in [0.717, 1.165) is 12.8 Å². The van der Waals surface area contributed by atoms with E-state index in [9.17, 15) is 14.5 Å². The van der Waals surface area contributed by atoms with E-state index < -0.39 is 16.4 Å². The fraction of sp³-hybridized carbons (Fsp3) is 0.600. The molecule has 1 atom stereocenters. The molecule has 4 nitrogen and oxygen atoms in total. The van der Waals surface area contributed by atoms with E-state index in [1.807, 2.05) is 0 Å². The van der Waals surface area contributed by atoms with Gasteiger partial charge in [0.1, 0.15) is 0 Å². The van der Waals surface area contributed by atoms with Gasteiger partial charge in [-0.05, 0) is 13.3 Å². The molecule has 0 bridgehead atoms. The fourth-order valence-electron chi connectivity index (χ4n) is 2.11. The molecule has 0 saturated carbocycles. The first-order valence-corrected chi connectivity index (χ1v) is 7.21. The van der Waals surface area contributed by atoms with Gasteiger partial charge in [-0.1, -0.05) is 44.7 Å². The molecule has 112 valence electrons. The van der Waals surface area contributed by atoms with E-state index in [4.69, 9.17) is 0 Å². The molecule has 0 aliphatic heterocycles. The number of unbranched alkanes of at least 4 members (excludes halogenated alkanes) is 3. The van der Waals surface area contributed by atoms with Crippen LogP contribution in [0.5, 0.6) is 0 Å². The summed E-state index contributed by atoms with van der Waals surface area (Å²) >= 11 is 0. The smallest absolute Gasteiger partial charge is 0.305 e. The van der Waals surface area contributed by atoms with Gasteiger partial charge in [-0.15, -0.1) is 0 Å². The predicted octanol–water partition coefficient (Wildman–Crippen LogP) is 4.18. The number of rotatable bonds is 9. The molecule has 20 heavy (non-hydrogen) atoms. The van der Waals surface area contributed by atoms with Crippen LogP contribution in [-0.4, -0.2) is 11.0 Å². The summed E-state index contributed by atoms with van der Waals surface area (Å²) in [6, 6.07) is 4.57. The topological polar surface area (TPSA) is 55.2 Å². The maximum atomic E-state index is 13.8. The van der Waals surface area contributed by atoms with Gasteiger partial charge in [-0.3, -0.25) is 10.1 Å². The van der Waals surface area contributed by atoms with Crippen LogP contribution in [0.15, 0.2) is 18.2 Å². The van der Waals surface area contributed by atoms with E-state index in [-0.39, 0.29) is 6.04 Å². The zero-order valence-corrected chi connectivity index (χ0v) is 12.2. The van der Waals surface area contributed by atoms with Crippen molar-refractivity contribution in [2.24, 2.45) is 0 Å². The highest BCUT2D eigenvalue weighted by Crippen LogP contribution is 2.20. The van der Waals surface area contributed by atoms with Crippen LogP contribution in [0, 0.1) is 15.9 Å². The van der Waals surface area contributed by atoms with Crippen molar-refractivity contribution in [1.29, 1.82) is 0 Å². The summed E-state index contributed by atoms with van der Waals surface area (Å²) in [4.78, 5) is 9.97. The highest BCUT2D eigenvalue weighted by atomic mass is 19.1. The molecule has 0 saturated heterocycles. The molecule has 0 aliphatic carbocycles. The summed E-state index contributed by atoms with van der Waals surface area (Å²) in [5.41, 5.74) is -0.112. The van der Waals surface area contributed by atoms with E-state index in [2.05, 4.69) is 19.2 Å². The van der Waals surface area contributed by atoms with Crippen LogP contribution in [0.2, 0.25) is 0 Å². The molecule has 1 rings (SSSR count). The molecule has 0 amide bonds. The SMILES string of the molecule is CCCCCCC(C)NCc1cccc([N+](=O)[O-])c1F. The van der Waals surface area contributed by atoms with Crippen LogP contribution < -0.4 is 5.32 Å². The second-order valence-corrected chi connectivity index (χ2v) is 5.14.